The van der Waals surface area contributed by atoms with E-state index in [4.69, 9.17) is 0 Å². The van der Waals surface area contributed by atoms with Gasteiger partial charge in [0.25, 0.3) is 5.91 Å². The first-order valence-electron chi connectivity index (χ1n) is 7.97. The van der Waals surface area contributed by atoms with E-state index in [0.717, 1.165) is 61.0 Å². The van der Waals surface area contributed by atoms with Crippen molar-refractivity contribution in [1.82, 2.24) is 20.4 Å². The SMILES string of the molecule is O=C(c1n[nH]c(C2CC2)c1Br)N1CC[C@@H]2CNC[C@@H]2CC1. The van der Waals surface area contributed by atoms with Crippen LogP contribution in [0, 0.1) is 11.8 Å². The third kappa shape index (κ3) is 2.52. The first-order chi connectivity index (χ1) is 10.2. The molecule has 0 bridgehead atoms. The van der Waals surface area contributed by atoms with Crippen molar-refractivity contribution in [2.24, 2.45) is 11.8 Å². The van der Waals surface area contributed by atoms with E-state index in [0.29, 0.717) is 11.6 Å². The van der Waals surface area contributed by atoms with Crippen molar-refractivity contribution in [3.8, 4) is 0 Å². The van der Waals surface area contributed by atoms with E-state index in [9.17, 15) is 4.79 Å². The minimum atomic E-state index is 0.0814. The van der Waals surface area contributed by atoms with Crippen LogP contribution in [0.1, 0.15) is 47.8 Å². The number of nitrogens with zero attached hydrogens (tertiary/aromatic N) is 2. The lowest BCUT2D eigenvalue weighted by atomic mass is 9.92. The summed E-state index contributed by atoms with van der Waals surface area (Å²) in [6.07, 6.45) is 4.63. The van der Waals surface area contributed by atoms with Crippen LogP contribution in [-0.4, -0.2) is 47.2 Å². The van der Waals surface area contributed by atoms with E-state index >= 15 is 0 Å². The average Bonchev–Trinajstić information content (AvgIpc) is 3.17. The van der Waals surface area contributed by atoms with E-state index < -0.39 is 0 Å². The number of likely N-dealkylation sites (tertiary alicyclic amines) is 1. The molecule has 0 unspecified atom stereocenters. The van der Waals surface area contributed by atoms with Gasteiger partial charge in [-0.25, -0.2) is 0 Å². The smallest absolute Gasteiger partial charge is 0.275 e. The summed E-state index contributed by atoms with van der Waals surface area (Å²) in [7, 11) is 0. The number of H-pyrrole nitrogens is 1. The van der Waals surface area contributed by atoms with Gasteiger partial charge in [-0.1, -0.05) is 0 Å². The summed E-state index contributed by atoms with van der Waals surface area (Å²) in [5.41, 5.74) is 1.68. The number of carbonyl (C=O) groups excluding carboxylic acids is 1. The van der Waals surface area contributed by atoms with Gasteiger partial charge >= 0.3 is 0 Å². The van der Waals surface area contributed by atoms with Gasteiger partial charge in [0.2, 0.25) is 0 Å². The molecule has 2 N–H and O–H groups in total. The second-order valence-electron chi connectivity index (χ2n) is 6.62. The van der Waals surface area contributed by atoms with Gasteiger partial charge in [-0.15, -0.1) is 0 Å². The summed E-state index contributed by atoms with van der Waals surface area (Å²) in [6, 6.07) is 0. The molecule has 3 heterocycles. The van der Waals surface area contributed by atoms with E-state index in [1.165, 1.54) is 12.8 Å². The van der Waals surface area contributed by atoms with Gasteiger partial charge in [-0.05, 0) is 66.5 Å². The van der Waals surface area contributed by atoms with Gasteiger partial charge in [0.05, 0.1) is 10.2 Å². The Morgan fingerprint density at radius 3 is 2.43 bits per heavy atom. The van der Waals surface area contributed by atoms with E-state index in [2.05, 4.69) is 31.4 Å². The van der Waals surface area contributed by atoms with E-state index in [-0.39, 0.29) is 5.91 Å². The van der Waals surface area contributed by atoms with Crippen LogP contribution >= 0.6 is 15.9 Å². The second kappa shape index (κ2) is 5.39. The van der Waals surface area contributed by atoms with Crippen molar-refractivity contribution in [2.75, 3.05) is 26.2 Å². The molecule has 114 valence electrons. The highest BCUT2D eigenvalue weighted by Crippen LogP contribution is 2.43. The summed E-state index contributed by atoms with van der Waals surface area (Å²) >= 11 is 3.58. The first kappa shape index (κ1) is 13.8. The molecular formula is C15H21BrN4O. The van der Waals surface area contributed by atoms with Crippen LogP contribution in [0.3, 0.4) is 0 Å². The fourth-order valence-corrected chi connectivity index (χ4v) is 4.37. The molecule has 2 atom stereocenters. The average molecular weight is 353 g/mol. The summed E-state index contributed by atoms with van der Waals surface area (Å²) in [6.45, 7) is 3.95. The minimum Gasteiger partial charge on any atom is -0.337 e. The largest absolute Gasteiger partial charge is 0.337 e. The summed E-state index contributed by atoms with van der Waals surface area (Å²) in [4.78, 5) is 14.7. The fourth-order valence-electron chi connectivity index (χ4n) is 3.70. The molecular weight excluding hydrogens is 332 g/mol. The number of rotatable bonds is 2. The van der Waals surface area contributed by atoms with Crippen LogP contribution < -0.4 is 5.32 Å². The van der Waals surface area contributed by atoms with Crippen molar-refractivity contribution in [1.29, 1.82) is 0 Å². The van der Waals surface area contributed by atoms with Gasteiger partial charge in [0.15, 0.2) is 5.69 Å². The number of hydrogen-bond donors (Lipinski definition) is 2. The Balaban J connectivity index is 1.49. The number of fused-ring (bicyclic) bond motifs is 1. The lowest BCUT2D eigenvalue weighted by molar-refractivity contribution is 0.0751. The molecule has 21 heavy (non-hydrogen) atoms. The van der Waals surface area contributed by atoms with E-state index in [1.54, 1.807) is 0 Å². The van der Waals surface area contributed by atoms with E-state index in [1.807, 2.05) is 4.90 Å². The highest BCUT2D eigenvalue weighted by molar-refractivity contribution is 9.10. The summed E-state index contributed by atoms with van der Waals surface area (Å²) in [5.74, 6) is 2.14. The number of aromatic amines is 1. The van der Waals surface area contributed by atoms with Gasteiger partial charge in [0.1, 0.15) is 0 Å². The highest BCUT2D eigenvalue weighted by Gasteiger charge is 2.34. The number of halogens is 1. The normalized spacial score (nSPS) is 29.3. The molecule has 0 radical (unpaired) electrons. The van der Waals surface area contributed by atoms with Crippen molar-refractivity contribution in [3.05, 3.63) is 15.9 Å². The maximum Gasteiger partial charge on any atom is 0.275 e. The molecule has 1 aromatic heterocycles. The van der Waals surface area contributed by atoms with Crippen molar-refractivity contribution in [2.45, 2.75) is 31.6 Å². The Bertz CT molecular complexity index is 540. The molecule has 3 aliphatic rings. The van der Waals surface area contributed by atoms with Crippen LogP contribution in [0.4, 0.5) is 0 Å². The second-order valence-corrected chi connectivity index (χ2v) is 7.42. The standard InChI is InChI=1S/C15H21BrN4O/c16-12-13(9-1-2-9)18-19-14(12)15(21)20-5-3-10-7-17-8-11(10)4-6-20/h9-11,17H,1-8H2,(H,18,19)/t10-,11+. The molecule has 1 saturated carbocycles. The molecule has 3 fully saturated rings. The van der Waals surface area contributed by atoms with Crippen molar-refractivity contribution in [3.63, 3.8) is 0 Å². The molecule has 0 spiro atoms. The summed E-state index contributed by atoms with van der Waals surface area (Å²) < 4.78 is 0.890. The lowest BCUT2D eigenvalue weighted by Gasteiger charge is -2.20. The third-order valence-corrected chi connectivity index (χ3v) is 6.03. The Labute approximate surface area is 133 Å². The zero-order chi connectivity index (χ0) is 14.4. The highest BCUT2D eigenvalue weighted by atomic mass is 79.9. The summed E-state index contributed by atoms with van der Waals surface area (Å²) in [5, 5.41) is 10.8. The molecule has 0 aromatic carbocycles. The van der Waals surface area contributed by atoms with Crippen LogP contribution in [0.2, 0.25) is 0 Å². The van der Waals surface area contributed by atoms with Gasteiger partial charge < -0.3 is 10.2 Å². The Hall–Kier alpha value is -0.880. The van der Waals surface area contributed by atoms with Crippen LogP contribution in [-0.2, 0) is 0 Å². The van der Waals surface area contributed by atoms with Gasteiger partial charge in [-0.3, -0.25) is 9.89 Å². The zero-order valence-electron chi connectivity index (χ0n) is 12.1. The monoisotopic (exact) mass is 352 g/mol. The van der Waals surface area contributed by atoms with Crippen molar-refractivity contribution < 1.29 is 4.79 Å². The molecule has 2 aliphatic heterocycles. The number of carbonyl (C=O) groups is 1. The quantitative estimate of drug-likeness (QED) is 0.856. The van der Waals surface area contributed by atoms with Crippen molar-refractivity contribution >= 4 is 21.8 Å². The topological polar surface area (TPSA) is 61.0 Å². The van der Waals surface area contributed by atoms with Crippen LogP contribution in [0.5, 0.6) is 0 Å². The predicted octanol–water partition coefficient (Wildman–Crippen LogP) is 2.12. The number of hydrogen-bond acceptors (Lipinski definition) is 3. The van der Waals surface area contributed by atoms with Crippen LogP contribution in [0.25, 0.3) is 0 Å². The third-order valence-electron chi connectivity index (χ3n) is 5.23. The molecule has 1 amide bonds. The number of amides is 1. The lowest BCUT2D eigenvalue weighted by Crippen LogP contribution is -2.33. The molecule has 1 aliphatic carbocycles. The zero-order valence-corrected chi connectivity index (χ0v) is 13.7. The Morgan fingerprint density at radius 2 is 1.81 bits per heavy atom. The van der Waals surface area contributed by atoms with Crippen LogP contribution in [0.15, 0.2) is 4.47 Å². The molecule has 2 saturated heterocycles. The minimum absolute atomic E-state index is 0.0814. The number of nitrogens with one attached hydrogen (secondary N) is 2. The molecule has 6 heteroatoms. The maximum absolute atomic E-state index is 12.7. The number of aromatic nitrogens is 2. The molecule has 5 nitrogen and oxygen atoms in total. The Kier molecular flexibility index (Phi) is 3.53. The fraction of sp³-hybridized carbons (Fsp3) is 0.733. The maximum atomic E-state index is 12.7. The van der Waals surface area contributed by atoms with Gasteiger partial charge in [-0.2, -0.15) is 5.10 Å². The predicted molar refractivity (Wildman–Crippen MR) is 83.2 cm³/mol. The molecule has 1 aromatic rings. The van der Waals surface area contributed by atoms with Gasteiger partial charge in [0, 0.05) is 19.0 Å². The Morgan fingerprint density at radius 1 is 1.14 bits per heavy atom. The molecule has 4 rings (SSSR count). The first-order valence-corrected chi connectivity index (χ1v) is 8.77.